The van der Waals surface area contributed by atoms with Crippen molar-refractivity contribution in [3.05, 3.63) is 84.2 Å². The lowest BCUT2D eigenvalue weighted by molar-refractivity contribution is 0.104. The van der Waals surface area contributed by atoms with Crippen LogP contribution >= 0.6 is 0 Å². The van der Waals surface area contributed by atoms with Gasteiger partial charge in [-0.1, -0.05) is 18.2 Å². The van der Waals surface area contributed by atoms with Crippen LogP contribution in [-0.4, -0.2) is 35.1 Å². The van der Waals surface area contributed by atoms with Gasteiger partial charge in [0.2, 0.25) is 0 Å². The Morgan fingerprint density at radius 3 is 2.31 bits per heavy atom. The lowest BCUT2D eigenvalue weighted by Gasteiger charge is -2.12. The zero-order chi connectivity index (χ0) is 22.5. The van der Waals surface area contributed by atoms with Crippen molar-refractivity contribution in [3.8, 4) is 17.2 Å². The summed E-state index contributed by atoms with van der Waals surface area (Å²) in [4.78, 5) is 20.9. The summed E-state index contributed by atoms with van der Waals surface area (Å²) in [5.74, 6) is 1.83. The van der Waals surface area contributed by atoms with Crippen LogP contribution in [0, 0.1) is 0 Å². The van der Waals surface area contributed by atoms with Crippen molar-refractivity contribution in [1.29, 1.82) is 0 Å². The van der Waals surface area contributed by atoms with E-state index in [1.54, 1.807) is 38.5 Å². The van der Waals surface area contributed by atoms with Gasteiger partial charge in [-0.3, -0.25) is 4.79 Å². The first-order valence-electron chi connectivity index (χ1n) is 9.82. The smallest absolute Gasteiger partial charge is 0.185 e. The first-order chi connectivity index (χ1) is 15.6. The molecular formula is C25H21N3O4. The summed E-state index contributed by atoms with van der Waals surface area (Å²) in [7, 11) is 3.16. The minimum absolute atomic E-state index is 0.127. The van der Waals surface area contributed by atoms with Gasteiger partial charge < -0.3 is 19.9 Å². The number of ketones is 1. The standard InChI is InChI=1S/C25H21N3O4/c1-31-23-13-20-21(14-24(23)32-2)26-15-27-25(20)28-18-8-3-16(4-9-18)5-12-22(30)17-6-10-19(29)11-7-17/h3-15,29H,1-2H3,(H,26,27,28)/b12-5+. The number of allylic oxidation sites excluding steroid dienone is 1. The van der Waals surface area contributed by atoms with Gasteiger partial charge in [0.25, 0.3) is 0 Å². The van der Waals surface area contributed by atoms with E-state index < -0.39 is 0 Å². The van der Waals surface area contributed by atoms with Crippen LogP contribution in [0.2, 0.25) is 0 Å². The number of aromatic hydroxyl groups is 1. The maximum atomic E-state index is 12.2. The van der Waals surface area contributed by atoms with Gasteiger partial charge in [0, 0.05) is 22.7 Å². The van der Waals surface area contributed by atoms with E-state index in [-0.39, 0.29) is 11.5 Å². The Morgan fingerprint density at radius 1 is 0.938 bits per heavy atom. The van der Waals surface area contributed by atoms with Crippen LogP contribution in [0.4, 0.5) is 11.5 Å². The molecule has 0 amide bonds. The summed E-state index contributed by atoms with van der Waals surface area (Å²) in [5, 5.41) is 13.4. The van der Waals surface area contributed by atoms with Crippen molar-refractivity contribution >= 4 is 34.3 Å². The maximum absolute atomic E-state index is 12.2. The van der Waals surface area contributed by atoms with Crippen LogP contribution < -0.4 is 14.8 Å². The minimum atomic E-state index is -0.135. The quantitative estimate of drug-likeness (QED) is 0.317. The van der Waals surface area contributed by atoms with Crippen molar-refractivity contribution in [2.24, 2.45) is 0 Å². The highest BCUT2D eigenvalue weighted by Gasteiger charge is 2.11. The van der Waals surface area contributed by atoms with Crippen LogP contribution in [0.15, 0.2) is 73.1 Å². The van der Waals surface area contributed by atoms with Gasteiger partial charge in [-0.05, 0) is 54.1 Å². The molecule has 0 radical (unpaired) electrons. The van der Waals surface area contributed by atoms with Gasteiger partial charge >= 0.3 is 0 Å². The SMILES string of the molecule is COc1cc2ncnc(Nc3ccc(/C=C/C(=O)c4ccc(O)cc4)cc3)c2cc1OC. The summed E-state index contributed by atoms with van der Waals surface area (Å²) in [6.07, 6.45) is 4.74. The maximum Gasteiger partial charge on any atom is 0.185 e. The fourth-order valence-electron chi connectivity index (χ4n) is 3.19. The van der Waals surface area contributed by atoms with Crippen molar-refractivity contribution < 1.29 is 19.4 Å². The summed E-state index contributed by atoms with van der Waals surface area (Å²) in [5.41, 5.74) is 2.95. The summed E-state index contributed by atoms with van der Waals surface area (Å²) >= 11 is 0. The molecule has 7 nitrogen and oxygen atoms in total. The number of hydrogen-bond acceptors (Lipinski definition) is 7. The molecule has 1 heterocycles. The molecule has 4 aromatic rings. The van der Waals surface area contributed by atoms with Gasteiger partial charge in [0.1, 0.15) is 17.9 Å². The highest BCUT2D eigenvalue weighted by molar-refractivity contribution is 6.06. The van der Waals surface area contributed by atoms with E-state index in [1.807, 2.05) is 30.3 Å². The Bertz CT molecular complexity index is 1280. The third kappa shape index (κ3) is 4.52. The second kappa shape index (κ2) is 9.18. The number of rotatable bonds is 7. The molecule has 4 rings (SSSR count). The van der Waals surface area contributed by atoms with Gasteiger partial charge in [-0.25, -0.2) is 9.97 Å². The second-order valence-electron chi connectivity index (χ2n) is 6.94. The zero-order valence-electron chi connectivity index (χ0n) is 17.6. The van der Waals surface area contributed by atoms with Crippen molar-refractivity contribution in [3.63, 3.8) is 0 Å². The van der Waals surface area contributed by atoms with Crippen LogP contribution in [0.5, 0.6) is 17.2 Å². The average molecular weight is 427 g/mol. The molecular weight excluding hydrogens is 406 g/mol. The van der Waals surface area contributed by atoms with E-state index in [9.17, 15) is 9.90 Å². The fourth-order valence-corrected chi connectivity index (χ4v) is 3.19. The third-order valence-electron chi connectivity index (χ3n) is 4.89. The number of fused-ring (bicyclic) bond motifs is 1. The number of methoxy groups -OCH3 is 2. The predicted molar refractivity (Wildman–Crippen MR) is 124 cm³/mol. The molecule has 0 aliphatic rings. The number of hydrogen-bond donors (Lipinski definition) is 2. The van der Waals surface area contributed by atoms with Crippen molar-refractivity contribution in [2.45, 2.75) is 0 Å². The molecule has 0 saturated heterocycles. The number of anilines is 2. The molecule has 32 heavy (non-hydrogen) atoms. The Morgan fingerprint density at radius 2 is 1.62 bits per heavy atom. The number of aromatic nitrogens is 2. The largest absolute Gasteiger partial charge is 0.508 e. The van der Waals surface area contributed by atoms with Crippen molar-refractivity contribution in [2.75, 3.05) is 19.5 Å². The lowest BCUT2D eigenvalue weighted by atomic mass is 10.1. The minimum Gasteiger partial charge on any atom is -0.508 e. The van der Waals surface area contributed by atoms with E-state index in [1.165, 1.54) is 24.5 Å². The Kier molecular flexibility index (Phi) is 5.98. The molecule has 2 N–H and O–H groups in total. The van der Waals surface area contributed by atoms with Gasteiger partial charge in [-0.15, -0.1) is 0 Å². The van der Waals surface area contributed by atoms with Crippen LogP contribution in [0.25, 0.3) is 17.0 Å². The molecule has 1 aromatic heterocycles. The zero-order valence-corrected chi connectivity index (χ0v) is 17.6. The number of phenols is 1. The number of ether oxygens (including phenoxy) is 2. The van der Waals surface area contributed by atoms with Crippen molar-refractivity contribution in [1.82, 2.24) is 9.97 Å². The Hall–Kier alpha value is -4.39. The van der Waals surface area contributed by atoms with Gasteiger partial charge in [0.05, 0.1) is 19.7 Å². The first kappa shape index (κ1) is 20.9. The third-order valence-corrected chi connectivity index (χ3v) is 4.89. The van der Waals surface area contributed by atoms with Crippen LogP contribution in [-0.2, 0) is 0 Å². The molecule has 0 unspecified atom stereocenters. The molecule has 0 bridgehead atoms. The van der Waals surface area contributed by atoms with E-state index in [4.69, 9.17) is 9.47 Å². The molecule has 0 aliphatic carbocycles. The number of carbonyl (C=O) groups excluding carboxylic acids is 1. The summed E-state index contributed by atoms with van der Waals surface area (Å²) < 4.78 is 10.7. The molecule has 0 atom stereocenters. The molecule has 3 aromatic carbocycles. The van der Waals surface area contributed by atoms with Gasteiger partial charge in [0.15, 0.2) is 17.3 Å². The molecule has 0 spiro atoms. The summed E-state index contributed by atoms with van der Waals surface area (Å²) in [6, 6.07) is 17.4. The highest BCUT2D eigenvalue weighted by Crippen LogP contribution is 2.34. The topological polar surface area (TPSA) is 93.6 Å². The number of nitrogens with zero attached hydrogens (tertiary/aromatic N) is 2. The molecule has 0 fully saturated rings. The Balaban J connectivity index is 1.52. The van der Waals surface area contributed by atoms with E-state index in [0.29, 0.717) is 22.9 Å². The number of benzene rings is 3. The average Bonchev–Trinajstić information content (AvgIpc) is 2.83. The number of phenolic OH excluding ortho intramolecular Hbond substituents is 1. The van der Waals surface area contributed by atoms with E-state index >= 15 is 0 Å². The van der Waals surface area contributed by atoms with Crippen LogP contribution in [0.1, 0.15) is 15.9 Å². The predicted octanol–water partition coefficient (Wildman–Crippen LogP) is 4.99. The van der Waals surface area contributed by atoms with Crippen LogP contribution in [0.3, 0.4) is 0 Å². The molecule has 0 aliphatic heterocycles. The molecule has 0 saturated carbocycles. The van der Waals surface area contributed by atoms with E-state index in [2.05, 4.69) is 15.3 Å². The van der Waals surface area contributed by atoms with E-state index in [0.717, 1.165) is 22.2 Å². The summed E-state index contributed by atoms with van der Waals surface area (Å²) in [6.45, 7) is 0. The first-order valence-corrected chi connectivity index (χ1v) is 9.82. The number of carbonyl (C=O) groups is 1. The fraction of sp³-hybridized carbons (Fsp3) is 0.0800. The number of nitrogens with one attached hydrogen (secondary N) is 1. The Labute approximate surface area is 185 Å². The molecule has 7 heteroatoms. The second-order valence-corrected chi connectivity index (χ2v) is 6.94. The monoisotopic (exact) mass is 427 g/mol. The molecule has 160 valence electrons. The highest BCUT2D eigenvalue weighted by atomic mass is 16.5. The normalized spacial score (nSPS) is 10.9. The van der Waals surface area contributed by atoms with Gasteiger partial charge in [-0.2, -0.15) is 0 Å². The lowest BCUT2D eigenvalue weighted by Crippen LogP contribution is -1.98.